The van der Waals surface area contributed by atoms with Gasteiger partial charge in [0, 0.05) is 19.3 Å². The van der Waals surface area contributed by atoms with Gasteiger partial charge in [0.05, 0.1) is 0 Å². The SMILES string of the molecule is CCCCCCCCCCCCCCCCC(=O)OC[C@H](COC(=O)CCCCCCCCCCCCCC(C)C)OC(=O)CCCCCCCCCCCCC(C)C. The number of carbonyl (C=O) groups excluding carboxylic acids is 3. The zero-order chi connectivity index (χ0) is 43.3. The van der Waals surface area contributed by atoms with Crippen LogP contribution in [0.4, 0.5) is 0 Å². The zero-order valence-corrected chi connectivity index (χ0v) is 40.4. The van der Waals surface area contributed by atoms with E-state index in [4.69, 9.17) is 14.2 Å². The topological polar surface area (TPSA) is 78.9 Å². The van der Waals surface area contributed by atoms with Crippen molar-refractivity contribution in [1.29, 1.82) is 0 Å². The molecule has 350 valence electrons. The van der Waals surface area contributed by atoms with Gasteiger partial charge in [0.2, 0.25) is 0 Å². The number of hydrogen-bond acceptors (Lipinski definition) is 6. The predicted octanol–water partition coefficient (Wildman–Crippen LogP) is 16.9. The summed E-state index contributed by atoms with van der Waals surface area (Å²) in [7, 11) is 0. The summed E-state index contributed by atoms with van der Waals surface area (Å²) in [6.07, 6.45) is 46.6. The average molecular weight is 835 g/mol. The second-order valence-electron chi connectivity index (χ2n) is 19.1. The lowest BCUT2D eigenvalue weighted by atomic mass is 10.0. The maximum absolute atomic E-state index is 12.8. The van der Waals surface area contributed by atoms with Gasteiger partial charge in [-0.15, -0.1) is 0 Å². The molecule has 59 heavy (non-hydrogen) atoms. The minimum Gasteiger partial charge on any atom is -0.462 e. The highest BCUT2D eigenvalue weighted by atomic mass is 16.6. The summed E-state index contributed by atoms with van der Waals surface area (Å²) in [6, 6.07) is 0. The van der Waals surface area contributed by atoms with Gasteiger partial charge >= 0.3 is 17.9 Å². The van der Waals surface area contributed by atoms with Gasteiger partial charge in [-0.3, -0.25) is 14.4 Å². The fourth-order valence-electron chi connectivity index (χ4n) is 7.99. The molecule has 0 saturated carbocycles. The molecule has 0 aliphatic carbocycles. The molecule has 0 heterocycles. The molecule has 0 aliphatic heterocycles. The first kappa shape index (κ1) is 57.4. The summed E-state index contributed by atoms with van der Waals surface area (Å²) < 4.78 is 16.8. The van der Waals surface area contributed by atoms with Gasteiger partial charge < -0.3 is 14.2 Å². The van der Waals surface area contributed by atoms with Crippen LogP contribution in [-0.2, 0) is 28.6 Å². The van der Waals surface area contributed by atoms with Crippen LogP contribution in [-0.4, -0.2) is 37.2 Å². The molecular weight excluding hydrogens is 733 g/mol. The molecule has 0 N–H and O–H groups in total. The van der Waals surface area contributed by atoms with Crippen molar-refractivity contribution in [2.24, 2.45) is 11.8 Å². The summed E-state index contributed by atoms with van der Waals surface area (Å²) in [5.41, 5.74) is 0. The number of carbonyl (C=O) groups is 3. The molecule has 0 unspecified atom stereocenters. The first-order valence-electron chi connectivity index (χ1n) is 26.2. The van der Waals surface area contributed by atoms with Gasteiger partial charge in [0.15, 0.2) is 6.10 Å². The second-order valence-corrected chi connectivity index (χ2v) is 19.1. The lowest BCUT2D eigenvalue weighted by Gasteiger charge is -2.18. The van der Waals surface area contributed by atoms with Crippen LogP contribution in [0.1, 0.15) is 291 Å². The zero-order valence-electron chi connectivity index (χ0n) is 40.4. The Morgan fingerprint density at radius 1 is 0.322 bits per heavy atom. The molecule has 0 amide bonds. The van der Waals surface area contributed by atoms with Crippen LogP contribution in [0, 0.1) is 11.8 Å². The highest BCUT2D eigenvalue weighted by Gasteiger charge is 2.19. The van der Waals surface area contributed by atoms with Crippen molar-refractivity contribution in [3.05, 3.63) is 0 Å². The van der Waals surface area contributed by atoms with Gasteiger partial charge in [-0.25, -0.2) is 0 Å². The number of esters is 3. The molecule has 0 rings (SSSR count). The number of unbranched alkanes of at least 4 members (excludes halogenated alkanes) is 32. The van der Waals surface area contributed by atoms with E-state index in [0.29, 0.717) is 19.3 Å². The van der Waals surface area contributed by atoms with Crippen LogP contribution in [0.5, 0.6) is 0 Å². The van der Waals surface area contributed by atoms with Gasteiger partial charge in [-0.05, 0) is 31.1 Å². The Balaban J connectivity index is 4.32. The molecule has 0 radical (unpaired) electrons. The van der Waals surface area contributed by atoms with Crippen LogP contribution < -0.4 is 0 Å². The van der Waals surface area contributed by atoms with Crippen LogP contribution >= 0.6 is 0 Å². The summed E-state index contributed by atoms with van der Waals surface area (Å²) in [5, 5.41) is 0. The molecule has 0 aromatic heterocycles. The van der Waals surface area contributed by atoms with Crippen molar-refractivity contribution in [2.75, 3.05) is 13.2 Å². The van der Waals surface area contributed by atoms with E-state index in [9.17, 15) is 14.4 Å². The number of ether oxygens (including phenoxy) is 3. The van der Waals surface area contributed by atoms with Gasteiger partial charge in [-0.1, -0.05) is 253 Å². The molecular formula is C53H102O6. The van der Waals surface area contributed by atoms with E-state index < -0.39 is 6.10 Å². The quantitative estimate of drug-likeness (QED) is 0.0345. The van der Waals surface area contributed by atoms with E-state index in [0.717, 1.165) is 69.6 Å². The largest absolute Gasteiger partial charge is 0.462 e. The minimum atomic E-state index is -0.762. The maximum atomic E-state index is 12.8. The normalized spacial score (nSPS) is 12.1. The molecule has 6 nitrogen and oxygen atoms in total. The average Bonchev–Trinajstić information content (AvgIpc) is 3.20. The standard InChI is InChI=1S/C53H102O6/c1-6-7-8-9-10-11-12-13-14-17-23-28-33-38-43-51(54)57-46-50(59-53(56)45-40-35-30-25-20-19-22-27-32-37-42-49(4)5)47-58-52(55)44-39-34-29-24-18-15-16-21-26-31-36-41-48(2)3/h48-50H,6-47H2,1-5H3/t50-/m1/s1. The van der Waals surface area contributed by atoms with Gasteiger partial charge in [-0.2, -0.15) is 0 Å². The maximum Gasteiger partial charge on any atom is 0.306 e. The third kappa shape index (κ3) is 47.3. The molecule has 0 aromatic carbocycles. The molecule has 0 bridgehead atoms. The number of hydrogen-bond donors (Lipinski definition) is 0. The Bertz CT molecular complexity index is 900. The van der Waals surface area contributed by atoms with E-state index in [1.807, 2.05) is 0 Å². The molecule has 1 atom stereocenters. The predicted molar refractivity (Wildman–Crippen MR) is 252 cm³/mol. The molecule has 0 saturated heterocycles. The van der Waals surface area contributed by atoms with Crippen molar-refractivity contribution in [1.82, 2.24) is 0 Å². The summed E-state index contributed by atoms with van der Waals surface area (Å²) in [5.74, 6) is 0.796. The van der Waals surface area contributed by atoms with Crippen LogP contribution in [0.15, 0.2) is 0 Å². The van der Waals surface area contributed by atoms with E-state index >= 15 is 0 Å². The lowest BCUT2D eigenvalue weighted by molar-refractivity contribution is -0.167. The van der Waals surface area contributed by atoms with Crippen molar-refractivity contribution < 1.29 is 28.6 Å². The number of rotatable bonds is 47. The van der Waals surface area contributed by atoms with E-state index in [2.05, 4.69) is 34.6 Å². The molecule has 6 heteroatoms. The first-order chi connectivity index (χ1) is 28.7. The van der Waals surface area contributed by atoms with E-state index in [1.165, 1.54) is 180 Å². The highest BCUT2D eigenvalue weighted by molar-refractivity contribution is 5.71. The fraction of sp³-hybridized carbons (Fsp3) is 0.943. The van der Waals surface area contributed by atoms with Crippen LogP contribution in [0.25, 0.3) is 0 Å². The summed E-state index contributed by atoms with van der Waals surface area (Å²) in [6.45, 7) is 11.4. The van der Waals surface area contributed by atoms with Crippen molar-refractivity contribution in [2.45, 2.75) is 298 Å². The van der Waals surface area contributed by atoms with Crippen molar-refractivity contribution in [3.63, 3.8) is 0 Å². The summed E-state index contributed by atoms with van der Waals surface area (Å²) in [4.78, 5) is 38.0. The Kier molecular flexibility index (Phi) is 44.7. The second kappa shape index (κ2) is 45.9. The third-order valence-electron chi connectivity index (χ3n) is 12.0. The Morgan fingerprint density at radius 2 is 0.559 bits per heavy atom. The van der Waals surface area contributed by atoms with E-state index in [-0.39, 0.29) is 31.1 Å². The first-order valence-corrected chi connectivity index (χ1v) is 26.2. The Hall–Kier alpha value is -1.59. The summed E-state index contributed by atoms with van der Waals surface area (Å²) >= 11 is 0. The van der Waals surface area contributed by atoms with Gasteiger partial charge in [0.1, 0.15) is 13.2 Å². The smallest absolute Gasteiger partial charge is 0.306 e. The lowest BCUT2D eigenvalue weighted by Crippen LogP contribution is -2.30. The van der Waals surface area contributed by atoms with Gasteiger partial charge in [0.25, 0.3) is 0 Å². The minimum absolute atomic E-state index is 0.0636. The Morgan fingerprint density at radius 3 is 0.831 bits per heavy atom. The highest BCUT2D eigenvalue weighted by Crippen LogP contribution is 2.17. The van der Waals surface area contributed by atoms with E-state index in [1.54, 1.807) is 0 Å². The monoisotopic (exact) mass is 835 g/mol. The molecule has 0 aromatic rings. The van der Waals surface area contributed by atoms with Crippen LogP contribution in [0.3, 0.4) is 0 Å². The molecule has 0 aliphatic rings. The van der Waals surface area contributed by atoms with Crippen LogP contribution in [0.2, 0.25) is 0 Å². The third-order valence-corrected chi connectivity index (χ3v) is 12.0. The fourth-order valence-corrected chi connectivity index (χ4v) is 7.99. The molecule has 0 fully saturated rings. The molecule has 0 spiro atoms. The van der Waals surface area contributed by atoms with Crippen molar-refractivity contribution >= 4 is 17.9 Å². The van der Waals surface area contributed by atoms with Crippen molar-refractivity contribution in [3.8, 4) is 0 Å². The Labute approximate surface area is 368 Å².